The number of nitrogens with two attached hydrogens (primary N) is 1. The van der Waals surface area contributed by atoms with Crippen molar-refractivity contribution < 1.29 is 28.4 Å². The summed E-state index contributed by atoms with van der Waals surface area (Å²) in [6, 6.07) is 18.5. The van der Waals surface area contributed by atoms with E-state index in [0.717, 1.165) is 12.0 Å². The molecule has 4 aromatic rings. The van der Waals surface area contributed by atoms with E-state index in [1.165, 1.54) is 6.07 Å². The van der Waals surface area contributed by atoms with Crippen LogP contribution >= 0.6 is 0 Å². The second-order valence-corrected chi connectivity index (χ2v) is 8.83. The van der Waals surface area contributed by atoms with Gasteiger partial charge in [-0.3, -0.25) is 4.79 Å². The monoisotopic (exact) mass is 526 g/mol. The number of nitrogens with zero attached hydrogens (tertiary/aromatic N) is 2. The first-order chi connectivity index (χ1) is 19.0. The van der Waals surface area contributed by atoms with Gasteiger partial charge in [-0.1, -0.05) is 22.4 Å². The van der Waals surface area contributed by atoms with Crippen LogP contribution in [0.3, 0.4) is 0 Å². The molecule has 1 aliphatic rings. The second-order valence-electron chi connectivity index (χ2n) is 8.83. The molecule has 10 heteroatoms. The minimum Gasteiger partial charge on any atom is -0.493 e. The molecular weight excluding hydrogens is 500 g/mol. The minimum absolute atomic E-state index is 0.228. The third kappa shape index (κ3) is 5.45. The number of anilines is 2. The summed E-state index contributed by atoms with van der Waals surface area (Å²) in [5, 5.41) is 11.2. The van der Waals surface area contributed by atoms with Gasteiger partial charge >= 0.3 is 5.97 Å². The van der Waals surface area contributed by atoms with E-state index in [1.54, 1.807) is 68.8 Å². The van der Waals surface area contributed by atoms with Gasteiger partial charge in [-0.25, -0.2) is 4.79 Å². The largest absolute Gasteiger partial charge is 0.493 e. The maximum atomic E-state index is 12.9. The van der Waals surface area contributed by atoms with Crippen molar-refractivity contribution in [2.24, 2.45) is 5.16 Å². The van der Waals surface area contributed by atoms with Crippen molar-refractivity contribution >= 4 is 29.0 Å². The van der Waals surface area contributed by atoms with E-state index in [0.29, 0.717) is 64.0 Å². The lowest BCUT2D eigenvalue weighted by Gasteiger charge is -2.13. The molecule has 0 saturated heterocycles. The topological polar surface area (TPSA) is 138 Å². The molecule has 0 radical (unpaired) electrons. The molecule has 1 amide bonds. The third-order valence-corrected chi connectivity index (χ3v) is 6.27. The highest BCUT2D eigenvalue weighted by molar-refractivity contribution is 6.07. The quantitative estimate of drug-likeness (QED) is 0.193. The summed E-state index contributed by atoms with van der Waals surface area (Å²) in [6.07, 6.45) is 2.05. The van der Waals surface area contributed by atoms with Gasteiger partial charge in [0.1, 0.15) is 11.5 Å². The van der Waals surface area contributed by atoms with Crippen LogP contribution in [-0.4, -0.2) is 37.0 Å². The van der Waals surface area contributed by atoms with E-state index in [-0.39, 0.29) is 11.5 Å². The fourth-order valence-electron chi connectivity index (χ4n) is 4.36. The number of aromatic nitrogens is 1. The standard InChI is InChI=1S/C29H26N4O6/c1-36-23-13-12-17(16-25(23)37-2)27-26-22(10-5-11-24(26)38-33-27)32-39-29(35)19-7-4-9-21(15-19)31-28(34)18-6-3-8-20(30)14-18/h3-4,6-9,12-16H,5,10-11,30H2,1-2H3,(H,31,34)/b32-22+. The number of benzene rings is 3. The van der Waals surface area contributed by atoms with Gasteiger partial charge in [0, 0.05) is 28.9 Å². The molecule has 3 aromatic carbocycles. The van der Waals surface area contributed by atoms with E-state index >= 15 is 0 Å². The highest BCUT2D eigenvalue weighted by Crippen LogP contribution is 2.36. The normalized spacial score (nSPS) is 13.4. The van der Waals surface area contributed by atoms with Crippen LogP contribution in [0, 0.1) is 0 Å². The smallest absolute Gasteiger partial charge is 0.365 e. The molecule has 0 aliphatic heterocycles. The van der Waals surface area contributed by atoms with Crippen molar-refractivity contribution in [1.82, 2.24) is 5.16 Å². The molecule has 0 fully saturated rings. The number of oxime groups is 1. The lowest BCUT2D eigenvalue weighted by molar-refractivity contribution is 0.0515. The van der Waals surface area contributed by atoms with Gasteiger partial charge in [0.15, 0.2) is 11.5 Å². The lowest BCUT2D eigenvalue weighted by Crippen LogP contribution is -2.14. The molecule has 0 unspecified atom stereocenters. The first-order valence-electron chi connectivity index (χ1n) is 12.2. The Morgan fingerprint density at radius 3 is 2.54 bits per heavy atom. The Balaban J connectivity index is 1.35. The lowest BCUT2D eigenvalue weighted by atomic mass is 9.92. The van der Waals surface area contributed by atoms with Crippen molar-refractivity contribution in [3.05, 3.63) is 89.2 Å². The minimum atomic E-state index is -0.668. The van der Waals surface area contributed by atoms with Crippen LogP contribution in [0.1, 0.15) is 44.9 Å². The molecule has 10 nitrogen and oxygen atoms in total. The zero-order chi connectivity index (χ0) is 27.4. The fraction of sp³-hybridized carbons (Fsp3) is 0.172. The number of carbonyl (C=O) groups is 2. The summed E-state index contributed by atoms with van der Waals surface area (Å²) in [5.41, 5.74) is 9.89. The number of nitrogen functional groups attached to an aromatic ring is 1. The molecule has 3 N–H and O–H groups in total. The Morgan fingerprint density at radius 1 is 0.949 bits per heavy atom. The zero-order valence-corrected chi connectivity index (χ0v) is 21.4. The molecule has 198 valence electrons. The Morgan fingerprint density at radius 2 is 1.74 bits per heavy atom. The van der Waals surface area contributed by atoms with Crippen molar-refractivity contribution in [2.45, 2.75) is 19.3 Å². The molecule has 0 atom stereocenters. The summed E-state index contributed by atoms with van der Waals surface area (Å²) in [4.78, 5) is 30.8. The maximum absolute atomic E-state index is 12.9. The van der Waals surface area contributed by atoms with Gasteiger partial charge in [0.25, 0.3) is 5.91 Å². The number of aryl methyl sites for hydroxylation is 1. The number of methoxy groups -OCH3 is 2. The summed E-state index contributed by atoms with van der Waals surface area (Å²) in [7, 11) is 3.13. The predicted octanol–water partition coefficient (Wildman–Crippen LogP) is 5.09. The molecule has 5 rings (SSSR count). The van der Waals surface area contributed by atoms with Crippen LogP contribution in [0.2, 0.25) is 0 Å². The van der Waals surface area contributed by atoms with Crippen molar-refractivity contribution in [1.29, 1.82) is 0 Å². The van der Waals surface area contributed by atoms with E-state index in [4.69, 9.17) is 24.6 Å². The van der Waals surface area contributed by atoms with Gasteiger partial charge in [-0.15, -0.1) is 0 Å². The van der Waals surface area contributed by atoms with Crippen molar-refractivity contribution in [2.75, 3.05) is 25.3 Å². The van der Waals surface area contributed by atoms with Crippen LogP contribution in [0.4, 0.5) is 11.4 Å². The summed E-state index contributed by atoms with van der Waals surface area (Å²) >= 11 is 0. The molecule has 1 aliphatic carbocycles. The predicted molar refractivity (Wildman–Crippen MR) is 145 cm³/mol. The molecule has 39 heavy (non-hydrogen) atoms. The molecule has 1 heterocycles. The number of hydrogen-bond acceptors (Lipinski definition) is 9. The Labute approximate surface area is 224 Å². The summed E-state index contributed by atoms with van der Waals surface area (Å²) < 4.78 is 16.3. The molecule has 1 aromatic heterocycles. The van der Waals surface area contributed by atoms with Gasteiger partial charge in [0.05, 0.1) is 31.1 Å². The SMILES string of the molecule is COc1ccc(-c2noc3c2/C(=N/OC(=O)c2cccc(NC(=O)c4cccc(N)c4)c2)CCC3)cc1OC. The van der Waals surface area contributed by atoms with Gasteiger partial charge in [0.2, 0.25) is 0 Å². The molecule has 0 bridgehead atoms. The van der Waals surface area contributed by atoms with Gasteiger partial charge in [-0.05, 0) is 67.4 Å². The number of carbonyl (C=O) groups excluding carboxylic acids is 2. The Hall–Kier alpha value is -5.12. The van der Waals surface area contributed by atoms with Crippen LogP contribution < -0.4 is 20.5 Å². The van der Waals surface area contributed by atoms with Crippen LogP contribution in [0.25, 0.3) is 11.3 Å². The number of nitrogens with one attached hydrogen (secondary N) is 1. The van der Waals surface area contributed by atoms with Gasteiger partial charge in [-0.2, -0.15) is 0 Å². The average Bonchev–Trinajstić information content (AvgIpc) is 3.40. The summed E-state index contributed by atoms with van der Waals surface area (Å²) in [5.74, 6) is 0.798. The molecule has 0 saturated carbocycles. The van der Waals surface area contributed by atoms with Crippen molar-refractivity contribution in [3.8, 4) is 22.8 Å². The number of rotatable bonds is 7. The number of hydrogen-bond donors (Lipinski definition) is 2. The number of amides is 1. The third-order valence-electron chi connectivity index (χ3n) is 6.27. The van der Waals surface area contributed by atoms with Crippen molar-refractivity contribution in [3.63, 3.8) is 0 Å². The van der Waals surface area contributed by atoms with E-state index in [2.05, 4.69) is 15.6 Å². The van der Waals surface area contributed by atoms with Crippen LogP contribution in [0.15, 0.2) is 76.4 Å². The molecule has 0 spiro atoms. The summed E-state index contributed by atoms with van der Waals surface area (Å²) in [6.45, 7) is 0. The molecular formula is C29H26N4O6. The first-order valence-corrected chi connectivity index (χ1v) is 12.2. The second kappa shape index (κ2) is 11.1. The highest BCUT2D eigenvalue weighted by Gasteiger charge is 2.27. The van der Waals surface area contributed by atoms with Crippen LogP contribution in [-0.2, 0) is 11.3 Å². The average molecular weight is 527 g/mol. The maximum Gasteiger partial charge on any atom is 0.365 e. The van der Waals surface area contributed by atoms with E-state index in [9.17, 15) is 9.59 Å². The van der Waals surface area contributed by atoms with Crippen LogP contribution in [0.5, 0.6) is 11.5 Å². The van der Waals surface area contributed by atoms with E-state index < -0.39 is 5.97 Å². The Bertz CT molecular complexity index is 1580. The highest BCUT2D eigenvalue weighted by atomic mass is 16.7. The first kappa shape index (κ1) is 25.5. The number of fused-ring (bicyclic) bond motifs is 1. The fourth-order valence-corrected chi connectivity index (χ4v) is 4.36. The number of ether oxygens (including phenoxy) is 2. The van der Waals surface area contributed by atoms with Gasteiger partial charge < -0.3 is 29.9 Å². The zero-order valence-electron chi connectivity index (χ0n) is 21.4. The van der Waals surface area contributed by atoms with E-state index in [1.807, 2.05) is 6.07 Å². The Kier molecular flexibility index (Phi) is 7.26.